The molecule has 2 N–H and O–H groups in total. The van der Waals surface area contributed by atoms with Crippen LogP contribution in [0.1, 0.15) is 25.0 Å². The van der Waals surface area contributed by atoms with Gasteiger partial charge in [-0.05, 0) is 49.6 Å². The summed E-state index contributed by atoms with van der Waals surface area (Å²) in [5.41, 5.74) is 4.71. The zero-order valence-electron chi connectivity index (χ0n) is 14.0. The summed E-state index contributed by atoms with van der Waals surface area (Å²) in [4.78, 5) is 16.9. The van der Waals surface area contributed by atoms with Crippen molar-refractivity contribution in [1.29, 1.82) is 0 Å². The number of benzene rings is 1. The number of anilines is 1. The molecule has 0 saturated heterocycles. The lowest BCUT2D eigenvalue weighted by Gasteiger charge is -2.09. The van der Waals surface area contributed by atoms with E-state index in [-0.39, 0.29) is 5.91 Å². The zero-order chi connectivity index (χ0) is 17.1. The predicted octanol–water partition coefficient (Wildman–Crippen LogP) is 2.65. The Balaban J connectivity index is 1.75. The van der Waals surface area contributed by atoms with Crippen LogP contribution in [0.15, 0.2) is 42.7 Å². The Morgan fingerprint density at radius 1 is 1.12 bits per heavy atom. The SMILES string of the molecule is O=C1CNCCCCCc2ccn3ncc(c3n2)-c2cccc(c2)N1. The number of fused-ring (bicyclic) bond motifs is 4. The molecule has 0 fully saturated rings. The fourth-order valence-corrected chi connectivity index (χ4v) is 3.15. The van der Waals surface area contributed by atoms with Crippen LogP contribution in [0.2, 0.25) is 0 Å². The van der Waals surface area contributed by atoms with Crippen molar-refractivity contribution in [3.8, 4) is 11.1 Å². The first kappa shape index (κ1) is 15.8. The Morgan fingerprint density at radius 3 is 3.04 bits per heavy atom. The average molecular weight is 335 g/mol. The van der Waals surface area contributed by atoms with Crippen LogP contribution in [0.4, 0.5) is 5.69 Å². The second-order valence-electron chi connectivity index (χ2n) is 6.36. The van der Waals surface area contributed by atoms with Gasteiger partial charge in [-0.25, -0.2) is 9.50 Å². The number of hydrogen-bond acceptors (Lipinski definition) is 4. The van der Waals surface area contributed by atoms with Crippen molar-refractivity contribution in [2.75, 3.05) is 18.4 Å². The number of hydrogen-bond donors (Lipinski definition) is 2. The van der Waals surface area contributed by atoms with Gasteiger partial charge in [0.15, 0.2) is 5.65 Å². The highest BCUT2D eigenvalue weighted by Crippen LogP contribution is 2.26. The third-order valence-electron chi connectivity index (χ3n) is 4.46. The molecular formula is C19H21N5O. The molecule has 4 rings (SSSR count). The Labute approximate surface area is 146 Å². The molecule has 1 aliphatic heterocycles. The minimum atomic E-state index is -0.0236. The molecule has 6 nitrogen and oxygen atoms in total. The Bertz CT molecular complexity index is 902. The van der Waals surface area contributed by atoms with E-state index in [2.05, 4.69) is 15.7 Å². The Kier molecular flexibility index (Phi) is 4.43. The van der Waals surface area contributed by atoms with Crippen LogP contribution >= 0.6 is 0 Å². The van der Waals surface area contributed by atoms with Crippen molar-refractivity contribution in [1.82, 2.24) is 19.9 Å². The first-order valence-corrected chi connectivity index (χ1v) is 8.74. The van der Waals surface area contributed by atoms with Crippen LogP contribution in [0.25, 0.3) is 16.8 Å². The molecule has 25 heavy (non-hydrogen) atoms. The van der Waals surface area contributed by atoms with E-state index in [1.807, 2.05) is 42.7 Å². The van der Waals surface area contributed by atoms with Crippen LogP contribution in [0.5, 0.6) is 0 Å². The van der Waals surface area contributed by atoms with Crippen molar-refractivity contribution in [2.45, 2.75) is 25.7 Å². The van der Waals surface area contributed by atoms with Gasteiger partial charge in [0.2, 0.25) is 5.91 Å². The normalized spacial score (nSPS) is 16.1. The largest absolute Gasteiger partial charge is 0.325 e. The molecule has 2 aromatic heterocycles. The highest BCUT2D eigenvalue weighted by Gasteiger charge is 2.11. The highest BCUT2D eigenvalue weighted by molar-refractivity contribution is 5.93. The summed E-state index contributed by atoms with van der Waals surface area (Å²) in [6, 6.07) is 9.86. The van der Waals surface area contributed by atoms with Crippen molar-refractivity contribution in [3.05, 3.63) is 48.4 Å². The minimum absolute atomic E-state index is 0.0236. The van der Waals surface area contributed by atoms with E-state index in [1.165, 1.54) is 0 Å². The average Bonchev–Trinajstić information content (AvgIpc) is 3.03. The van der Waals surface area contributed by atoms with Gasteiger partial charge in [-0.15, -0.1) is 0 Å². The van der Waals surface area contributed by atoms with Crippen LogP contribution in [-0.4, -0.2) is 33.6 Å². The summed E-state index contributed by atoms with van der Waals surface area (Å²) in [6.07, 6.45) is 8.03. The summed E-state index contributed by atoms with van der Waals surface area (Å²) < 4.78 is 1.80. The van der Waals surface area contributed by atoms with Crippen LogP contribution in [0.3, 0.4) is 0 Å². The molecule has 0 radical (unpaired) electrons. The number of amides is 1. The summed E-state index contributed by atoms with van der Waals surface area (Å²) in [6.45, 7) is 1.19. The quantitative estimate of drug-likeness (QED) is 0.662. The van der Waals surface area contributed by atoms with Gasteiger partial charge in [-0.3, -0.25) is 4.79 Å². The van der Waals surface area contributed by atoms with Gasteiger partial charge in [0.05, 0.1) is 12.7 Å². The van der Waals surface area contributed by atoms with Crippen molar-refractivity contribution < 1.29 is 4.79 Å². The molecule has 0 spiro atoms. The molecule has 0 atom stereocenters. The maximum atomic E-state index is 12.1. The Hall–Kier alpha value is -2.73. The predicted molar refractivity (Wildman–Crippen MR) is 97.5 cm³/mol. The molecule has 1 aromatic carbocycles. The number of carbonyl (C=O) groups excluding carboxylic acids is 1. The summed E-state index contributed by atoms with van der Waals surface area (Å²) in [7, 11) is 0. The van der Waals surface area contributed by atoms with E-state index in [1.54, 1.807) is 4.52 Å². The topological polar surface area (TPSA) is 71.3 Å². The van der Waals surface area contributed by atoms with E-state index >= 15 is 0 Å². The van der Waals surface area contributed by atoms with Crippen molar-refractivity contribution in [2.24, 2.45) is 0 Å². The number of nitrogens with one attached hydrogen (secondary N) is 2. The first-order chi connectivity index (χ1) is 12.3. The highest BCUT2D eigenvalue weighted by atomic mass is 16.1. The molecule has 128 valence electrons. The van der Waals surface area contributed by atoms with Gasteiger partial charge >= 0.3 is 0 Å². The maximum absolute atomic E-state index is 12.1. The van der Waals surface area contributed by atoms with Gasteiger partial charge < -0.3 is 10.6 Å². The number of aromatic nitrogens is 3. The summed E-state index contributed by atoms with van der Waals surface area (Å²) in [5.74, 6) is -0.0236. The number of nitrogens with zero attached hydrogens (tertiary/aromatic N) is 3. The fraction of sp³-hybridized carbons (Fsp3) is 0.316. The summed E-state index contributed by atoms with van der Waals surface area (Å²) >= 11 is 0. The van der Waals surface area contributed by atoms with Crippen LogP contribution < -0.4 is 10.6 Å². The third kappa shape index (κ3) is 3.53. The lowest BCUT2D eigenvalue weighted by molar-refractivity contribution is -0.115. The molecule has 1 aliphatic rings. The Morgan fingerprint density at radius 2 is 2.08 bits per heavy atom. The van der Waals surface area contributed by atoms with E-state index in [9.17, 15) is 4.79 Å². The van der Waals surface area contributed by atoms with E-state index < -0.39 is 0 Å². The molecule has 4 bridgehead atoms. The zero-order valence-corrected chi connectivity index (χ0v) is 14.0. The lowest BCUT2D eigenvalue weighted by atomic mass is 10.1. The van der Waals surface area contributed by atoms with Gasteiger partial charge in [0, 0.05) is 23.1 Å². The van der Waals surface area contributed by atoms with E-state index in [4.69, 9.17) is 4.98 Å². The molecular weight excluding hydrogens is 314 g/mol. The number of rotatable bonds is 0. The van der Waals surface area contributed by atoms with Crippen LogP contribution in [-0.2, 0) is 11.2 Å². The monoisotopic (exact) mass is 335 g/mol. The van der Waals surface area contributed by atoms with Gasteiger partial charge in [0.25, 0.3) is 0 Å². The number of aryl methyl sites for hydroxylation is 1. The molecule has 1 amide bonds. The number of carbonyl (C=O) groups is 1. The van der Waals surface area contributed by atoms with E-state index in [0.29, 0.717) is 6.54 Å². The molecule has 0 aliphatic carbocycles. The van der Waals surface area contributed by atoms with E-state index in [0.717, 1.165) is 60.4 Å². The summed E-state index contributed by atoms with van der Waals surface area (Å²) in [5, 5.41) is 10.6. The molecule has 6 heteroatoms. The van der Waals surface area contributed by atoms with Gasteiger partial charge in [-0.1, -0.05) is 18.6 Å². The molecule has 3 heterocycles. The second-order valence-corrected chi connectivity index (χ2v) is 6.36. The second kappa shape index (κ2) is 7.03. The standard InChI is InChI=1S/C19H21N5O/c25-18-13-20-9-3-1-2-6-15-8-10-24-19(23-15)17(12-21-24)14-5-4-7-16(11-14)22-18/h4-5,7-8,10-12,20H,1-3,6,9,13H2,(H,22,25). The first-order valence-electron chi connectivity index (χ1n) is 8.74. The van der Waals surface area contributed by atoms with Crippen molar-refractivity contribution in [3.63, 3.8) is 0 Å². The maximum Gasteiger partial charge on any atom is 0.238 e. The minimum Gasteiger partial charge on any atom is -0.325 e. The van der Waals surface area contributed by atoms with Crippen LogP contribution in [0, 0.1) is 0 Å². The third-order valence-corrected chi connectivity index (χ3v) is 4.46. The van der Waals surface area contributed by atoms with Gasteiger partial charge in [0.1, 0.15) is 0 Å². The lowest BCUT2D eigenvalue weighted by Crippen LogP contribution is -2.28. The molecule has 0 saturated carbocycles. The smallest absolute Gasteiger partial charge is 0.238 e. The fourth-order valence-electron chi connectivity index (χ4n) is 3.15. The molecule has 0 unspecified atom stereocenters. The van der Waals surface area contributed by atoms with Crippen molar-refractivity contribution >= 4 is 17.2 Å². The van der Waals surface area contributed by atoms with Gasteiger partial charge in [-0.2, -0.15) is 5.10 Å². The molecule has 3 aromatic rings.